The number of hydrogen-bond donors (Lipinski definition) is 1. The summed E-state index contributed by atoms with van der Waals surface area (Å²) in [5, 5.41) is 5.41. The molecule has 25 heavy (non-hydrogen) atoms. The van der Waals surface area contributed by atoms with Crippen molar-refractivity contribution < 1.29 is 9.47 Å². The predicted octanol–water partition coefficient (Wildman–Crippen LogP) is 3.03. The van der Waals surface area contributed by atoms with Crippen LogP contribution in [0.5, 0.6) is 5.88 Å². The number of fused-ring (bicyclic) bond motifs is 2. The third-order valence-electron chi connectivity index (χ3n) is 4.05. The highest BCUT2D eigenvalue weighted by Crippen LogP contribution is 2.27. The average molecular weight is 334 g/mol. The van der Waals surface area contributed by atoms with Gasteiger partial charge < -0.3 is 14.8 Å². The molecule has 1 aliphatic heterocycles. The van der Waals surface area contributed by atoms with E-state index in [2.05, 4.69) is 26.3 Å². The van der Waals surface area contributed by atoms with Crippen molar-refractivity contribution in [1.29, 1.82) is 0 Å². The zero-order valence-electron chi connectivity index (χ0n) is 13.9. The van der Waals surface area contributed by atoms with Crippen LogP contribution in [0.15, 0.2) is 53.8 Å². The number of nitrogens with zero attached hydrogens (tertiary/aromatic N) is 3. The van der Waals surface area contributed by atoms with Gasteiger partial charge in [0.05, 0.1) is 18.8 Å². The van der Waals surface area contributed by atoms with Crippen molar-refractivity contribution in [3.63, 3.8) is 0 Å². The maximum absolute atomic E-state index is 5.69. The lowest BCUT2D eigenvalue weighted by molar-refractivity contribution is 0.144. The molecule has 0 unspecified atom stereocenters. The number of methoxy groups -OCH3 is 1. The van der Waals surface area contributed by atoms with E-state index in [9.17, 15) is 0 Å². The number of nitrogens with one attached hydrogen (secondary N) is 1. The van der Waals surface area contributed by atoms with Crippen LogP contribution in [0.4, 0.5) is 5.69 Å². The van der Waals surface area contributed by atoms with Gasteiger partial charge in [0.2, 0.25) is 5.88 Å². The Morgan fingerprint density at radius 2 is 2.04 bits per heavy atom. The Labute approximate surface area is 145 Å². The fourth-order valence-corrected chi connectivity index (χ4v) is 2.83. The molecule has 126 valence electrons. The summed E-state index contributed by atoms with van der Waals surface area (Å²) in [7, 11) is 1.65. The highest BCUT2D eigenvalue weighted by Gasteiger charge is 2.16. The zero-order valence-corrected chi connectivity index (χ0v) is 13.9. The van der Waals surface area contributed by atoms with Gasteiger partial charge in [-0.2, -0.15) is 0 Å². The van der Waals surface area contributed by atoms with Crippen molar-refractivity contribution in [2.24, 2.45) is 4.99 Å². The standard InChI is InChI=1S/C19H18N4O2/c1-24-9-10-25-19-15-5-4-14(11-13(15)6-8-21-19)23-18-16-3-2-7-20-17(16)12-22-18/h2-8,11H,9-10,12H2,1H3,(H,22,23). The van der Waals surface area contributed by atoms with Crippen molar-refractivity contribution in [1.82, 2.24) is 9.97 Å². The molecule has 6 heteroatoms. The maximum atomic E-state index is 5.69. The van der Waals surface area contributed by atoms with E-state index in [0.29, 0.717) is 25.6 Å². The lowest BCUT2D eigenvalue weighted by atomic mass is 10.1. The summed E-state index contributed by atoms with van der Waals surface area (Å²) in [6.45, 7) is 1.63. The molecule has 3 heterocycles. The van der Waals surface area contributed by atoms with Crippen molar-refractivity contribution in [2.75, 3.05) is 25.6 Å². The van der Waals surface area contributed by atoms with E-state index in [-0.39, 0.29) is 0 Å². The minimum atomic E-state index is 0.475. The van der Waals surface area contributed by atoms with E-state index in [0.717, 1.165) is 33.6 Å². The van der Waals surface area contributed by atoms with E-state index in [1.807, 2.05) is 30.3 Å². The Morgan fingerprint density at radius 1 is 1.08 bits per heavy atom. The quantitative estimate of drug-likeness (QED) is 0.726. The summed E-state index contributed by atoms with van der Waals surface area (Å²) in [5.74, 6) is 1.47. The van der Waals surface area contributed by atoms with Crippen LogP contribution in [-0.2, 0) is 11.3 Å². The number of hydrogen-bond acceptors (Lipinski definition) is 6. The number of pyridine rings is 2. The van der Waals surface area contributed by atoms with Gasteiger partial charge >= 0.3 is 0 Å². The molecule has 0 atom stereocenters. The Morgan fingerprint density at radius 3 is 2.96 bits per heavy atom. The molecule has 2 aromatic heterocycles. The normalized spacial score (nSPS) is 12.8. The molecule has 0 amide bonds. The van der Waals surface area contributed by atoms with Gasteiger partial charge in [-0.3, -0.25) is 9.98 Å². The molecule has 0 bridgehead atoms. The number of benzene rings is 1. The molecule has 0 radical (unpaired) electrons. The zero-order chi connectivity index (χ0) is 17.1. The molecule has 6 nitrogen and oxygen atoms in total. The topological polar surface area (TPSA) is 68.6 Å². The van der Waals surface area contributed by atoms with E-state index in [1.54, 1.807) is 19.5 Å². The second kappa shape index (κ2) is 6.86. The Balaban J connectivity index is 1.58. The number of aromatic nitrogens is 2. The third-order valence-corrected chi connectivity index (χ3v) is 4.05. The Hall–Kier alpha value is -2.99. The van der Waals surface area contributed by atoms with Gasteiger partial charge in [-0.15, -0.1) is 0 Å². The maximum Gasteiger partial charge on any atom is 0.221 e. The second-order valence-corrected chi connectivity index (χ2v) is 5.68. The SMILES string of the molecule is COCCOc1nccc2cc(NC3=NCc4ncccc43)ccc12. The first-order valence-electron chi connectivity index (χ1n) is 8.11. The fraction of sp³-hybridized carbons (Fsp3) is 0.211. The first kappa shape index (κ1) is 15.5. The lowest BCUT2D eigenvalue weighted by Crippen LogP contribution is -2.11. The van der Waals surface area contributed by atoms with E-state index >= 15 is 0 Å². The summed E-state index contributed by atoms with van der Waals surface area (Å²) in [6, 6.07) is 12.0. The predicted molar refractivity (Wildman–Crippen MR) is 97.2 cm³/mol. The minimum absolute atomic E-state index is 0.475. The second-order valence-electron chi connectivity index (χ2n) is 5.68. The van der Waals surface area contributed by atoms with Crippen molar-refractivity contribution in [3.05, 3.63) is 60.0 Å². The van der Waals surface area contributed by atoms with Crippen LogP contribution in [0, 0.1) is 0 Å². The van der Waals surface area contributed by atoms with E-state index < -0.39 is 0 Å². The lowest BCUT2D eigenvalue weighted by Gasteiger charge is -2.11. The average Bonchev–Trinajstić information content (AvgIpc) is 3.05. The van der Waals surface area contributed by atoms with Gasteiger partial charge in [0, 0.05) is 36.1 Å². The van der Waals surface area contributed by atoms with Gasteiger partial charge in [-0.05, 0) is 41.8 Å². The van der Waals surface area contributed by atoms with Crippen LogP contribution in [0.25, 0.3) is 10.8 Å². The summed E-state index contributed by atoms with van der Waals surface area (Å²) in [4.78, 5) is 13.2. The van der Waals surface area contributed by atoms with Crippen LogP contribution >= 0.6 is 0 Å². The Kier molecular flexibility index (Phi) is 4.26. The van der Waals surface area contributed by atoms with Crippen LogP contribution in [0.1, 0.15) is 11.3 Å². The molecule has 1 N–H and O–H groups in total. The molecule has 0 aliphatic carbocycles. The molecular formula is C19H18N4O2. The number of aliphatic imine (C=N–C) groups is 1. The molecule has 0 spiro atoms. The van der Waals surface area contributed by atoms with Crippen molar-refractivity contribution in [2.45, 2.75) is 6.54 Å². The van der Waals surface area contributed by atoms with Crippen LogP contribution in [-0.4, -0.2) is 36.1 Å². The van der Waals surface area contributed by atoms with Gasteiger partial charge in [0.25, 0.3) is 0 Å². The number of amidine groups is 1. The Bertz CT molecular complexity index is 940. The summed E-state index contributed by atoms with van der Waals surface area (Å²) in [5.41, 5.74) is 3.03. The van der Waals surface area contributed by atoms with Gasteiger partial charge in [-0.1, -0.05) is 0 Å². The molecule has 0 saturated heterocycles. The molecule has 0 fully saturated rings. The summed E-state index contributed by atoms with van der Waals surface area (Å²) in [6.07, 6.45) is 3.55. The third kappa shape index (κ3) is 3.16. The van der Waals surface area contributed by atoms with Gasteiger partial charge in [0.15, 0.2) is 0 Å². The molecule has 1 aliphatic rings. The van der Waals surface area contributed by atoms with E-state index in [4.69, 9.17) is 9.47 Å². The fourth-order valence-electron chi connectivity index (χ4n) is 2.83. The van der Waals surface area contributed by atoms with Crippen LogP contribution < -0.4 is 10.1 Å². The summed E-state index contributed by atoms with van der Waals surface area (Å²) < 4.78 is 10.7. The molecule has 1 aromatic carbocycles. The molecule has 4 rings (SSSR count). The first-order valence-corrected chi connectivity index (χ1v) is 8.11. The molecule has 0 saturated carbocycles. The smallest absolute Gasteiger partial charge is 0.221 e. The van der Waals surface area contributed by atoms with Crippen LogP contribution in [0.3, 0.4) is 0 Å². The van der Waals surface area contributed by atoms with Gasteiger partial charge in [-0.25, -0.2) is 4.98 Å². The highest BCUT2D eigenvalue weighted by atomic mass is 16.5. The monoisotopic (exact) mass is 334 g/mol. The van der Waals surface area contributed by atoms with Crippen molar-refractivity contribution >= 4 is 22.3 Å². The van der Waals surface area contributed by atoms with E-state index in [1.165, 1.54) is 0 Å². The summed E-state index contributed by atoms with van der Waals surface area (Å²) >= 11 is 0. The van der Waals surface area contributed by atoms with Crippen molar-refractivity contribution in [3.8, 4) is 5.88 Å². The number of ether oxygens (including phenoxy) is 2. The highest BCUT2D eigenvalue weighted by molar-refractivity contribution is 6.11. The number of anilines is 1. The largest absolute Gasteiger partial charge is 0.475 e. The van der Waals surface area contributed by atoms with Crippen LogP contribution in [0.2, 0.25) is 0 Å². The molecular weight excluding hydrogens is 316 g/mol. The minimum Gasteiger partial charge on any atom is -0.475 e. The molecule has 3 aromatic rings. The number of rotatable bonds is 5. The first-order chi connectivity index (χ1) is 12.3. The van der Waals surface area contributed by atoms with Gasteiger partial charge in [0.1, 0.15) is 12.4 Å².